The molecule has 4 rings (SSSR count). The maximum atomic E-state index is 13.6. The molecule has 4 aromatic rings. The SMILES string of the molecule is CCn1c(N(C)CC(C)(C)N)nc2c1c(=O)n(Cc1ncc(C#N)c3ccccc13)c(=O)n2C. The molecule has 0 radical (unpaired) electrons. The molecule has 0 atom stereocenters. The summed E-state index contributed by atoms with van der Waals surface area (Å²) in [5.41, 5.74) is 6.45. The summed E-state index contributed by atoms with van der Waals surface area (Å²) in [6.45, 7) is 6.74. The van der Waals surface area contributed by atoms with Gasteiger partial charge < -0.3 is 15.2 Å². The van der Waals surface area contributed by atoms with Crippen LogP contribution in [-0.2, 0) is 20.1 Å². The normalized spacial score (nSPS) is 11.8. The Bertz CT molecular complexity index is 1560. The summed E-state index contributed by atoms with van der Waals surface area (Å²) in [5.74, 6) is 0.572. The molecule has 0 saturated carbocycles. The summed E-state index contributed by atoms with van der Waals surface area (Å²) in [4.78, 5) is 37.8. The molecule has 176 valence electrons. The Morgan fingerprint density at radius 1 is 1.18 bits per heavy atom. The van der Waals surface area contributed by atoms with Crippen LogP contribution in [0, 0.1) is 11.3 Å². The quantitative estimate of drug-likeness (QED) is 0.462. The Morgan fingerprint density at radius 3 is 2.47 bits per heavy atom. The van der Waals surface area contributed by atoms with E-state index < -0.39 is 16.8 Å². The number of benzene rings is 1. The van der Waals surface area contributed by atoms with Gasteiger partial charge in [-0.2, -0.15) is 10.2 Å². The fourth-order valence-electron chi connectivity index (χ4n) is 4.39. The van der Waals surface area contributed by atoms with Crippen LogP contribution in [0.2, 0.25) is 0 Å². The molecule has 0 spiro atoms. The third-order valence-electron chi connectivity index (χ3n) is 5.82. The average Bonchev–Trinajstić information content (AvgIpc) is 3.19. The molecule has 10 nitrogen and oxygen atoms in total. The van der Waals surface area contributed by atoms with Crippen molar-refractivity contribution in [2.75, 3.05) is 18.5 Å². The van der Waals surface area contributed by atoms with Crippen LogP contribution >= 0.6 is 0 Å². The van der Waals surface area contributed by atoms with Gasteiger partial charge >= 0.3 is 5.69 Å². The van der Waals surface area contributed by atoms with E-state index in [0.29, 0.717) is 41.5 Å². The van der Waals surface area contributed by atoms with Crippen LogP contribution in [0.25, 0.3) is 21.9 Å². The van der Waals surface area contributed by atoms with Gasteiger partial charge in [0.15, 0.2) is 11.2 Å². The molecule has 0 fully saturated rings. The predicted molar refractivity (Wildman–Crippen MR) is 132 cm³/mol. The van der Waals surface area contributed by atoms with Crippen molar-refractivity contribution in [1.29, 1.82) is 5.26 Å². The minimum absolute atomic E-state index is 0.0242. The summed E-state index contributed by atoms with van der Waals surface area (Å²) >= 11 is 0. The molecular weight excluding hydrogens is 432 g/mol. The van der Waals surface area contributed by atoms with Gasteiger partial charge in [-0.05, 0) is 20.8 Å². The van der Waals surface area contributed by atoms with E-state index in [4.69, 9.17) is 5.73 Å². The lowest BCUT2D eigenvalue weighted by Gasteiger charge is -2.27. The van der Waals surface area contributed by atoms with Crippen molar-refractivity contribution in [3.05, 3.63) is 62.6 Å². The molecule has 3 heterocycles. The molecule has 0 aliphatic carbocycles. The molecule has 10 heteroatoms. The van der Waals surface area contributed by atoms with Gasteiger partial charge in [-0.1, -0.05) is 24.3 Å². The summed E-state index contributed by atoms with van der Waals surface area (Å²) < 4.78 is 4.37. The topological polar surface area (TPSA) is 128 Å². The number of fused-ring (bicyclic) bond motifs is 2. The van der Waals surface area contributed by atoms with Gasteiger partial charge in [-0.25, -0.2) is 4.79 Å². The highest BCUT2D eigenvalue weighted by Crippen LogP contribution is 2.22. The molecule has 0 unspecified atom stereocenters. The summed E-state index contributed by atoms with van der Waals surface area (Å²) in [6.07, 6.45) is 1.48. The van der Waals surface area contributed by atoms with Crippen molar-refractivity contribution < 1.29 is 0 Å². The number of rotatable bonds is 6. The summed E-state index contributed by atoms with van der Waals surface area (Å²) in [5, 5.41) is 10.9. The zero-order valence-electron chi connectivity index (χ0n) is 20.0. The fraction of sp³-hybridized carbons (Fsp3) is 0.375. The van der Waals surface area contributed by atoms with Crippen molar-refractivity contribution in [2.45, 2.75) is 39.4 Å². The van der Waals surface area contributed by atoms with Crippen LogP contribution in [0.5, 0.6) is 0 Å². The van der Waals surface area contributed by atoms with E-state index in [1.165, 1.54) is 15.3 Å². The van der Waals surface area contributed by atoms with Crippen LogP contribution in [0.15, 0.2) is 40.1 Å². The second-order valence-corrected chi connectivity index (χ2v) is 9.18. The van der Waals surface area contributed by atoms with Crippen LogP contribution in [-0.4, -0.2) is 42.8 Å². The maximum Gasteiger partial charge on any atom is 0.332 e. The molecule has 3 aromatic heterocycles. The first-order chi connectivity index (χ1) is 16.1. The summed E-state index contributed by atoms with van der Waals surface area (Å²) in [6, 6.07) is 9.48. The number of nitrogens with zero attached hydrogens (tertiary/aromatic N) is 7. The first kappa shape index (κ1) is 23.2. The van der Waals surface area contributed by atoms with E-state index in [1.54, 1.807) is 7.05 Å². The van der Waals surface area contributed by atoms with Gasteiger partial charge in [0, 0.05) is 49.7 Å². The number of aryl methyl sites for hydroxylation is 2. The van der Waals surface area contributed by atoms with Crippen LogP contribution < -0.4 is 21.9 Å². The second-order valence-electron chi connectivity index (χ2n) is 9.18. The van der Waals surface area contributed by atoms with E-state index in [2.05, 4.69) is 16.0 Å². The monoisotopic (exact) mass is 460 g/mol. The zero-order chi connectivity index (χ0) is 24.8. The average molecular weight is 461 g/mol. The standard InChI is InChI=1S/C24H28N8O2/c1-6-31-19-20(28-22(31)29(4)14-24(2,3)26)30(5)23(34)32(21(19)33)13-18-17-10-8-7-9-16(17)15(11-25)12-27-18/h7-10,12H,6,13-14,26H2,1-5H3. The molecule has 0 saturated heterocycles. The van der Waals surface area contributed by atoms with Crippen LogP contribution in [0.3, 0.4) is 0 Å². The predicted octanol–water partition coefficient (Wildman–Crippen LogP) is 1.56. The number of likely N-dealkylation sites (N-methyl/N-ethyl adjacent to an activating group) is 1. The van der Waals surface area contributed by atoms with Gasteiger partial charge in [0.2, 0.25) is 5.95 Å². The molecule has 0 bridgehead atoms. The lowest BCUT2D eigenvalue weighted by atomic mass is 10.1. The Kier molecular flexibility index (Phi) is 5.75. The molecule has 2 N–H and O–H groups in total. The van der Waals surface area contributed by atoms with E-state index in [9.17, 15) is 14.9 Å². The largest absolute Gasteiger partial charge is 0.343 e. The fourth-order valence-corrected chi connectivity index (χ4v) is 4.39. The van der Waals surface area contributed by atoms with Crippen LogP contribution in [0.4, 0.5) is 5.95 Å². The number of nitrogens with two attached hydrogens (primary N) is 1. The third kappa shape index (κ3) is 3.84. The number of hydrogen-bond acceptors (Lipinski definition) is 7. The summed E-state index contributed by atoms with van der Waals surface area (Å²) in [7, 11) is 3.47. The number of anilines is 1. The van der Waals surface area contributed by atoms with Gasteiger partial charge in [0.05, 0.1) is 17.8 Å². The van der Waals surface area contributed by atoms with Crippen molar-refractivity contribution in [3.8, 4) is 6.07 Å². The van der Waals surface area contributed by atoms with Crippen molar-refractivity contribution in [2.24, 2.45) is 12.8 Å². The molecule has 0 amide bonds. The lowest BCUT2D eigenvalue weighted by molar-refractivity contribution is 0.512. The van der Waals surface area contributed by atoms with Crippen molar-refractivity contribution >= 4 is 27.9 Å². The molecule has 1 aromatic carbocycles. The van der Waals surface area contributed by atoms with Crippen molar-refractivity contribution in [3.63, 3.8) is 0 Å². The van der Waals surface area contributed by atoms with Gasteiger partial charge in [-0.15, -0.1) is 0 Å². The zero-order valence-corrected chi connectivity index (χ0v) is 20.0. The smallest absolute Gasteiger partial charge is 0.332 e. The van der Waals surface area contributed by atoms with Gasteiger partial charge in [-0.3, -0.25) is 18.9 Å². The van der Waals surface area contributed by atoms with E-state index in [1.807, 2.05) is 61.6 Å². The Morgan fingerprint density at radius 2 is 1.85 bits per heavy atom. The highest BCUT2D eigenvalue weighted by Gasteiger charge is 2.24. The first-order valence-electron chi connectivity index (χ1n) is 11.0. The van der Waals surface area contributed by atoms with Crippen LogP contribution in [0.1, 0.15) is 32.0 Å². The molecule has 0 aliphatic heterocycles. The number of pyridine rings is 1. The highest BCUT2D eigenvalue weighted by atomic mass is 16.2. The third-order valence-corrected chi connectivity index (χ3v) is 5.82. The maximum absolute atomic E-state index is 13.6. The molecule has 34 heavy (non-hydrogen) atoms. The van der Waals surface area contributed by atoms with E-state index in [-0.39, 0.29) is 6.54 Å². The van der Waals surface area contributed by atoms with Gasteiger partial charge in [0.1, 0.15) is 6.07 Å². The first-order valence-corrected chi connectivity index (χ1v) is 11.0. The van der Waals surface area contributed by atoms with Gasteiger partial charge in [0.25, 0.3) is 5.56 Å². The Hall–Kier alpha value is -3.97. The van der Waals surface area contributed by atoms with E-state index >= 15 is 0 Å². The Labute approximate surface area is 196 Å². The lowest BCUT2D eigenvalue weighted by Crippen LogP contribution is -2.44. The number of aromatic nitrogens is 5. The number of nitriles is 1. The minimum atomic E-state index is -0.484. The number of hydrogen-bond donors (Lipinski definition) is 1. The highest BCUT2D eigenvalue weighted by molar-refractivity contribution is 5.89. The number of imidazole rings is 1. The Balaban J connectivity index is 1.93. The van der Waals surface area contributed by atoms with E-state index in [0.717, 1.165) is 10.8 Å². The minimum Gasteiger partial charge on any atom is -0.343 e. The second kappa shape index (κ2) is 8.43. The van der Waals surface area contributed by atoms with Crippen molar-refractivity contribution in [1.82, 2.24) is 23.7 Å². The molecule has 0 aliphatic rings. The molecular formula is C24H28N8O2.